The highest BCUT2D eigenvalue weighted by Gasteiger charge is 2.44. The predicted molar refractivity (Wildman–Crippen MR) is 162 cm³/mol. The van der Waals surface area contributed by atoms with E-state index in [4.69, 9.17) is 9.47 Å². The molecule has 0 bridgehead atoms. The summed E-state index contributed by atoms with van der Waals surface area (Å²) in [6, 6.07) is 8.79. The van der Waals surface area contributed by atoms with Crippen molar-refractivity contribution in [1.82, 2.24) is 16.0 Å². The number of unbranched alkanes of at least 4 members (excludes halogenated alkanes) is 1. The SMILES string of the molecule is O=C(/C=C/c1ccc(O[C@@H]2O[C@H](CO)[C@@H](O)[C@H](O)[C@H]2O)c(O)c1)NCCCNCCCCNC(=O)CCc1ccc(O)c(O)c1. The highest BCUT2D eigenvalue weighted by molar-refractivity contribution is 5.91. The molecule has 0 aliphatic carbocycles. The predicted octanol–water partition coefficient (Wildman–Crippen LogP) is -0.380. The number of ether oxygens (including phenoxy) is 2. The molecule has 14 heteroatoms. The van der Waals surface area contributed by atoms with Gasteiger partial charge in [0.2, 0.25) is 18.1 Å². The number of phenolic OH excluding ortho intramolecular Hbond substituents is 3. The number of hydrogen-bond donors (Lipinski definition) is 10. The van der Waals surface area contributed by atoms with Crippen LogP contribution in [-0.2, 0) is 20.7 Å². The van der Waals surface area contributed by atoms with E-state index in [-0.39, 0.29) is 34.8 Å². The maximum atomic E-state index is 12.1. The first-order valence-corrected chi connectivity index (χ1v) is 14.8. The third-order valence-electron chi connectivity index (χ3n) is 7.11. The van der Waals surface area contributed by atoms with E-state index in [0.29, 0.717) is 44.5 Å². The average Bonchev–Trinajstić information content (AvgIpc) is 3.02. The zero-order valence-corrected chi connectivity index (χ0v) is 24.8. The molecule has 248 valence electrons. The van der Waals surface area contributed by atoms with Gasteiger partial charge in [-0.1, -0.05) is 12.1 Å². The third kappa shape index (κ3) is 11.5. The van der Waals surface area contributed by atoms with Crippen molar-refractivity contribution in [2.75, 3.05) is 32.8 Å². The zero-order valence-electron chi connectivity index (χ0n) is 24.8. The second-order valence-corrected chi connectivity index (χ2v) is 10.7. The molecule has 1 aliphatic heterocycles. The molecule has 2 amide bonds. The summed E-state index contributed by atoms with van der Waals surface area (Å²) in [7, 11) is 0. The number of carbonyl (C=O) groups is 2. The molecule has 1 aliphatic rings. The molecule has 1 heterocycles. The molecule has 0 unspecified atom stereocenters. The van der Waals surface area contributed by atoms with Crippen LogP contribution >= 0.6 is 0 Å². The fraction of sp³-hybridized carbons (Fsp3) is 0.484. The molecule has 0 radical (unpaired) electrons. The van der Waals surface area contributed by atoms with E-state index in [1.807, 2.05) is 0 Å². The van der Waals surface area contributed by atoms with Gasteiger partial charge in [0, 0.05) is 25.6 Å². The van der Waals surface area contributed by atoms with Crippen molar-refractivity contribution in [1.29, 1.82) is 0 Å². The molecule has 1 fully saturated rings. The van der Waals surface area contributed by atoms with Crippen LogP contribution in [0.5, 0.6) is 23.0 Å². The normalized spacial score (nSPS) is 21.5. The summed E-state index contributed by atoms with van der Waals surface area (Å²) >= 11 is 0. The van der Waals surface area contributed by atoms with Crippen LogP contribution in [0.1, 0.15) is 36.8 Å². The van der Waals surface area contributed by atoms with Crippen LogP contribution in [-0.4, -0.2) is 111 Å². The van der Waals surface area contributed by atoms with Crippen molar-refractivity contribution < 1.29 is 54.8 Å². The summed E-state index contributed by atoms with van der Waals surface area (Å²) < 4.78 is 10.7. The Labute approximate surface area is 260 Å². The van der Waals surface area contributed by atoms with Crippen molar-refractivity contribution >= 4 is 17.9 Å². The van der Waals surface area contributed by atoms with Crippen molar-refractivity contribution in [3.8, 4) is 23.0 Å². The number of aromatic hydroxyl groups is 3. The zero-order chi connectivity index (χ0) is 32.8. The number of carbonyl (C=O) groups excluding carboxylic acids is 2. The van der Waals surface area contributed by atoms with Gasteiger partial charge in [-0.05, 0) is 80.2 Å². The number of aliphatic hydroxyl groups excluding tert-OH is 4. The number of aliphatic hydroxyl groups is 4. The Balaban J connectivity index is 1.23. The number of nitrogens with one attached hydrogen (secondary N) is 3. The van der Waals surface area contributed by atoms with Gasteiger partial charge in [0.1, 0.15) is 24.4 Å². The van der Waals surface area contributed by atoms with Crippen molar-refractivity contribution in [2.24, 2.45) is 0 Å². The molecular weight excluding hydrogens is 590 g/mol. The van der Waals surface area contributed by atoms with Gasteiger partial charge in [0.05, 0.1) is 6.61 Å². The summed E-state index contributed by atoms with van der Waals surface area (Å²) in [5.74, 6) is -1.15. The van der Waals surface area contributed by atoms with Gasteiger partial charge in [-0.15, -0.1) is 0 Å². The van der Waals surface area contributed by atoms with E-state index in [2.05, 4.69) is 16.0 Å². The summed E-state index contributed by atoms with van der Waals surface area (Å²) in [5.41, 5.74) is 1.27. The second-order valence-electron chi connectivity index (χ2n) is 10.7. The quantitative estimate of drug-likeness (QED) is 0.0611. The maximum absolute atomic E-state index is 12.1. The van der Waals surface area contributed by atoms with Gasteiger partial charge in [-0.25, -0.2) is 0 Å². The molecule has 2 aromatic carbocycles. The molecule has 2 aromatic rings. The Hall–Kier alpha value is -3.92. The Morgan fingerprint density at radius 2 is 1.56 bits per heavy atom. The topological polar surface area (TPSA) is 230 Å². The van der Waals surface area contributed by atoms with Crippen LogP contribution < -0.4 is 20.7 Å². The minimum absolute atomic E-state index is 0.0669. The Morgan fingerprint density at radius 1 is 0.822 bits per heavy atom. The van der Waals surface area contributed by atoms with Crippen LogP contribution in [0, 0.1) is 0 Å². The lowest BCUT2D eigenvalue weighted by atomic mass is 9.99. The van der Waals surface area contributed by atoms with Gasteiger partial charge >= 0.3 is 0 Å². The summed E-state index contributed by atoms with van der Waals surface area (Å²) in [6.45, 7) is 1.90. The molecular formula is C31H43N3O11. The third-order valence-corrected chi connectivity index (χ3v) is 7.11. The number of phenols is 3. The lowest BCUT2D eigenvalue weighted by Gasteiger charge is -2.39. The van der Waals surface area contributed by atoms with Gasteiger partial charge in [0.15, 0.2) is 23.0 Å². The second kappa shape index (κ2) is 18.1. The molecule has 45 heavy (non-hydrogen) atoms. The minimum Gasteiger partial charge on any atom is -0.504 e. The van der Waals surface area contributed by atoms with E-state index < -0.39 is 37.3 Å². The first-order chi connectivity index (χ1) is 21.6. The molecule has 3 rings (SSSR count). The number of hydrogen-bond acceptors (Lipinski definition) is 12. The molecule has 5 atom stereocenters. The first kappa shape index (κ1) is 35.6. The minimum atomic E-state index is -1.62. The monoisotopic (exact) mass is 633 g/mol. The average molecular weight is 634 g/mol. The lowest BCUT2D eigenvalue weighted by Crippen LogP contribution is -2.60. The van der Waals surface area contributed by atoms with Crippen LogP contribution in [0.4, 0.5) is 0 Å². The Morgan fingerprint density at radius 3 is 2.29 bits per heavy atom. The van der Waals surface area contributed by atoms with Gasteiger partial charge in [0.25, 0.3) is 0 Å². The largest absolute Gasteiger partial charge is 0.504 e. The first-order valence-electron chi connectivity index (χ1n) is 14.8. The van der Waals surface area contributed by atoms with Crippen molar-refractivity contribution in [3.63, 3.8) is 0 Å². The fourth-order valence-electron chi connectivity index (χ4n) is 4.48. The maximum Gasteiger partial charge on any atom is 0.243 e. The van der Waals surface area contributed by atoms with E-state index in [1.165, 1.54) is 36.4 Å². The molecule has 1 saturated heterocycles. The van der Waals surface area contributed by atoms with Crippen LogP contribution in [0.2, 0.25) is 0 Å². The van der Waals surface area contributed by atoms with Gasteiger partial charge in [-0.3, -0.25) is 9.59 Å². The smallest absolute Gasteiger partial charge is 0.243 e. The van der Waals surface area contributed by atoms with Gasteiger partial charge < -0.3 is 61.2 Å². The number of aryl methyl sites for hydroxylation is 1. The highest BCUT2D eigenvalue weighted by atomic mass is 16.7. The van der Waals surface area contributed by atoms with E-state index in [9.17, 15) is 45.3 Å². The Kier molecular flexibility index (Phi) is 14.3. The van der Waals surface area contributed by atoms with E-state index in [0.717, 1.165) is 24.9 Å². The number of benzene rings is 2. The standard InChI is InChI=1S/C31H43N3O11/c35-18-25-28(41)29(42)30(43)31(45-25)44-24-9-5-20(17-23(24)38)7-11-27(40)34-15-3-13-32-12-1-2-14-33-26(39)10-6-19-4-8-21(36)22(37)16-19/h4-5,7-9,11,16-17,25,28-32,35-38,41-43H,1-3,6,10,12-15,18H2,(H,33,39)(H,34,40)/b11-7+/t25-,28-,29+,30-,31-/m1/s1. The summed E-state index contributed by atoms with van der Waals surface area (Å²) in [6.07, 6.45) is -1.35. The number of amides is 2. The molecule has 0 spiro atoms. The van der Waals surface area contributed by atoms with Crippen LogP contribution in [0.15, 0.2) is 42.5 Å². The summed E-state index contributed by atoms with van der Waals surface area (Å²) in [5, 5.41) is 77.2. The van der Waals surface area contributed by atoms with Crippen molar-refractivity contribution in [2.45, 2.75) is 62.8 Å². The van der Waals surface area contributed by atoms with Crippen LogP contribution in [0.25, 0.3) is 6.08 Å². The van der Waals surface area contributed by atoms with E-state index in [1.54, 1.807) is 12.1 Å². The molecule has 0 aromatic heterocycles. The lowest BCUT2D eigenvalue weighted by molar-refractivity contribution is -0.277. The fourth-order valence-corrected chi connectivity index (χ4v) is 4.48. The highest BCUT2D eigenvalue weighted by Crippen LogP contribution is 2.31. The van der Waals surface area contributed by atoms with E-state index >= 15 is 0 Å². The van der Waals surface area contributed by atoms with Gasteiger partial charge in [-0.2, -0.15) is 0 Å². The molecule has 10 N–H and O–H groups in total. The van der Waals surface area contributed by atoms with Crippen LogP contribution in [0.3, 0.4) is 0 Å². The molecule has 14 nitrogen and oxygen atoms in total. The van der Waals surface area contributed by atoms with Crippen molar-refractivity contribution in [3.05, 3.63) is 53.6 Å². The molecule has 0 saturated carbocycles. The Bertz CT molecular complexity index is 1270. The number of rotatable bonds is 17. The summed E-state index contributed by atoms with van der Waals surface area (Å²) in [4.78, 5) is 24.1.